The Morgan fingerprint density at radius 3 is 2.60 bits per heavy atom. The normalized spacial score (nSPS) is 33.2. The third-order valence-corrected chi connectivity index (χ3v) is 3.88. The Morgan fingerprint density at radius 2 is 2.07 bits per heavy atom. The molecule has 1 saturated heterocycles. The fourth-order valence-corrected chi connectivity index (χ4v) is 2.39. The van der Waals surface area contributed by atoms with Gasteiger partial charge in [0.1, 0.15) is 0 Å². The minimum absolute atomic E-state index is 0.347. The third-order valence-electron chi connectivity index (χ3n) is 3.88. The molecule has 0 bridgehead atoms. The Bertz CT molecular complexity index is 181. The summed E-state index contributed by atoms with van der Waals surface area (Å²) >= 11 is 0. The molecule has 1 aliphatic rings. The van der Waals surface area contributed by atoms with Crippen molar-refractivity contribution in [2.24, 2.45) is 0 Å². The fraction of sp³-hybridized carbons (Fsp3) is 1.00. The molecule has 1 aliphatic heterocycles. The summed E-state index contributed by atoms with van der Waals surface area (Å²) in [6.45, 7) is 12.9. The van der Waals surface area contributed by atoms with Gasteiger partial charge in [0, 0.05) is 24.7 Å². The van der Waals surface area contributed by atoms with Crippen LogP contribution in [0.2, 0.25) is 0 Å². The number of nitrogens with one attached hydrogen (secondary N) is 1. The second-order valence-corrected chi connectivity index (χ2v) is 5.18. The van der Waals surface area contributed by atoms with Crippen LogP contribution in [0.15, 0.2) is 0 Å². The van der Waals surface area contributed by atoms with E-state index in [1.165, 1.54) is 45.3 Å². The quantitative estimate of drug-likeness (QED) is 0.753. The van der Waals surface area contributed by atoms with Crippen molar-refractivity contribution < 1.29 is 0 Å². The number of nitrogens with zero attached hydrogens (tertiary/aromatic N) is 1. The number of unbranched alkanes of at least 4 members (excludes halogenated alkanes) is 1. The third kappa shape index (κ3) is 3.46. The number of piperazine rings is 1. The van der Waals surface area contributed by atoms with Crippen molar-refractivity contribution in [2.45, 2.75) is 65.0 Å². The van der Waals surface area contributed by atoms with Crippen molar-refractivity contribution in [3.63, 3.8) is 0 Å². The van der Waals surface area contributed by atoms with E-state index in [1.54, 1.807) is 0 Å². The van der Waals surface area contributed by atoms with Gasteiger partial charge >= 0.3 is 0 Å². The molecule has 1 N–H and O–H groups in total. The Kier molecular flexibility index (Phi) is 5.07. The van der Waals surface area contributed by atoms with Crippen LogP contribution in [-0.4, -0.2) is 36.1 Å². The van der Waals surface area contributed by atoms with Crippen molar-refractivity contribution in [1.29, 1.82) is 0 Å². The first-order valence-corrected chi connectivity index (χ1v) is 6.64. The van der Waals surface area contributed by atoms with Gasteiger partial charge in [0.2, 0.25) is 0 Å². The number of hydrogen-bond acceptors (Lipinski definition) is 2. The van der Waals surface area contributed by atoms with Gasteiger partial charge in [-0.15, -0.1) is 0 Å². The van der Waals surface area contributed by atoms with Gasteiger partial charge in [-0.2, -0.15) is 0 Å². The van der Waals surface area contributed by atoms with E-state index in [0.717, 1.165) is 6.04 Å². The Hall–Kier alpha value is -0.0800. The first-order valence-electron chi connectivity index (χ1n) is 6.64. The van der Waals surface area contributed by atoms with Crippen molar-refractivity contribution >= 4 is 0 Å². The molecule has 0 aliphatic carbocycles. The summed E-state index contributed by atoms with van der Waals surface area (Å²) in [4.78, 5) is 2.70. The summed E-state index contributed by atoms with van der Waals surface area (Å²) in [6.07, 6.45) is 5.15. The van der Waals surface area contributed by atoms with Crippen LogP contribution >= 0.6 is 0 Å². The van der Waals surface area contributed by atoms with Crippen molar-refractivity contribution in [1.82, 2.24) is 10.2 Å². The maximum Gasteiger partial charge on any atom is 0.0278 e. The van der Waals surface area contributed by atoms with Crippen molar-refractivity contribution in [2.75, 3.05) is 19.6 Å². The number of rotatable bonds is 5. The molecule has 90 valence electrons. The Balaban J connectivity index is 2.52. The van der Waals surface area contributed by atoms with Gasteiger partial charge < -0.3 is 5.32 Å². The lowest BCUT2D eigenvalue weighted by molar-refractivity contribution is 0.0809. The van der Waals surface area contributed by atoms with Gasteiger partial charge in [-0.1, -0.05) is 27.2 Å². The highest BCUT2D eigenvalue weighted by atomic mass is 15.2. The second kappa shape index (κ2) is 5.86. The Morgan fingerprint density at radius 1 is 1.33 bits per heavy atom. The highest BCUT2D eigenvalue weighted by Gasteiger charge is 2.32. The lowest BCUT2D eigenvalue weighted by atomic mass is 9.92. The monoisotopic (exact) mass is 212 g/mol. The molecule has 2 heteroatoms. The minimum Gasteiger partial charge on any atom is -0.309 e. The summed E-state index contributed by atoms with van der Waals surface area (Å²) in [5.41, 5.74) is 0.347. The van der Waals surface area contributed by atoms with Gasteiger partial charge in [-0.05, 0) is 32.7 Å². The topological polar surface area (TPSA) is 15.3 Å². The molecule has 2 unspecified atom stereocenters. The molecule has 0 radical (unpaired) electrons. The highest BCUT2D eigenvalue weighted by Crippen LogP contribution is 2.20. The smallest absolute Gasteiger partial charge is 0.0278 e. The van der Waals surface area contributed by atoms with Crippen LogP contribution in [0.1, 0.15) is 53.4 Å². The zero-order valence-corrected chi connectivity index (χ0v) is 11.0. The molecule has 2 atom stereocenters. The first kappa shape index (κ1) is 13.0. The fourth-order valence-electron chi connectivity index (χ4n) is 2.39. The van der Waals surface area contributed by atoms with Gasteiger partial charge in [-0.25, -0.2) is 0 Å². The molecular weight excluding hydrogens is 184 g/mol. The van der Waals surface area contributed by atoms with E-state index >= 15 is 0 Å². The van der Waals surface area contributed by atoms with Crippen LogP contribution in [-0.2, 0) is 0 Å². The molecule has 15 heavy (non-hydrogen) atoms. The van der Waals surface area contributed by atoms with E-state index < -0.39 is 0 Å². The maximum absolute atomic E-state index is 3.71. The lowest BCUT2D eigenvalue weighted by Gasteiger charge is -2.46. The maximum atomic E-state index is 3.71. The van der Waals surface area contributed by atoms with E-state index in [1.807, 2.05) is 0 Å². The molecule has 0 spiro atoms. The molecule has 0 aromatic rings. The average Bonchev–Trinajstić information content (AvgIpc) is 2.26. The van der Waals surface area contributed by atoms with Gasteiger partial charge in [-0.3, -0.25) is 4.90 Å². The molecule has 0 aromatic heterocycles. The molecule has 0 saturated carbocycles. The van der Waals surface area contributed by atoms with E-state index in [9.17, 15) is 0 Å². The summed E-state index contributed by atoms with van der Waals surface area (Å²) in [5.74, 6) is 0. The minimum atomic E-state index is 0.347. The largest absolute Gasteiger partial charge is 0.309 e. The van der Waals surface area contributed by atoms with Crippen LogP contribution in [0.3, 0.4) is 0 Å². The van der Waals surface area contributed by atoms with Gasteiger partial charge in [0.25, 0.3) is 0 Å². The Labute approximate surface area is 95.4 Å². The molecule has 1 heterocycles. The van der Waals surface area contributed by atoms with Crippen LogP contribution in [0.4, 0.5) is 0 Å². The first-order chi connectivity index (χ1) is 7.15. The molecule has 0 amide bonds. The van der Waals surface area contributed by atoms with Crippen molar-refractivity contribution in [3.05, 3.63) is 0 Å². The molecule has 2 nitrogen and oxygen atoms in total. The summed E-state index contributed by atoms with van der Waals surface area (Å²) in [7, 11) is 0. The van der Waals surface area contributed by atoms with Crippen LogP contribution in [0.25, 0.3) is 0 Å². The molecule has 1 rings (SSSR count). The summed E-state index contributed by atoms with van der Waals surface area (Å²) in [5, 5.41) is 3.71. The standard InChI is InChI=1S/C13H28N2/c1-5-8-9-15-11-13(4,7-3)14-10-12(15)6-2/h12,14H,5-11H2,1-4H3. The number of hydrogen-bond donors (Lipinski definition) is 1. The summed E-state index contributed by atoms with van der Waals surface area (Å²) in [6, 6.07) is 0.760. The highest BCUT2D eigenvalue weighted by molar-refractivity contribution is 4.93. The van der Waals surface area contributed by atoms with Crippen LogP contribution in [0.5, 0.6) is 0 Å². The molecule has 1 fully saturated rings. The predicted octanol–water partition coefficient (Wildman–Crippen LogP) is 2.64. The SMILES string of the molecule is CCCCN1CC(C)(CC)NCC1CC. The van der Waals surface area contributed by atoms with Gasteiger partial charge in [0.05, 0.1) is 0 Å². The molecule has 0 aromatic carbocycles. The zero-order chi connectivity index (χ0) is 11.3. The lowest BCUT2D eigenvalue weighted by Crippen LogP contribution is -2.62. The predicted molar refractivity (Wildman–Crippen MR) is 67.3 cm³/mol. The van der Waals surface area contributed by atoms with E-state index in [2.05, 4.69) is 37.9 Å². The van der Waals surface area contributed by atoms with E-state index in [4.69, 9.17) is 0 Å². The van der Waals surface area contributed by atoms with E-state index in [0.29, 0.717) is 5.54 Å². The zero-order valence-electron chi connectivity index (χ0n) is 11.0. The second-order valence-electron chi connectivity index (χ2n) is 5.18. The van der Waals surface area contributed by atoms with Gasteiger partial charge in [0.15, 0.2) is 0 Å². The van der Waals surface area contributed by atoms with Crippen molar-refractivity contribution in [3.8, 4) is 0 Å². The summed E-state index contributed by atoms with van der Waals surface area (Å²) < 4.78 is 0. The van der Waals surface area contributed by atoms with E-state index in [-0.39, 0.29) is 0 Å². The van der Waals surface area contributed by atoms with Crippen LogP contribution in [0, 0.1) is 0 Å². The average molecular weight is 212 g/mol. The van der Waals surface area contributed by atoms with Crippen LogP contribution < -0.4 is 5.32 Å². The molecular formula is C13H28N2.